The highest BCUT2D eigenvalue weighted by Crippen LogP contribution is 2.63. The van der Waals surface area contributed by atoms with Crippen molar-refractivity contribution in [2.45, 2.75) is 98.4 Å². The van der Waals surface area contributed by atoms with Gasteiger partial charge in [0.1, 0.15) is 23.7 Å². The van der Waals surface area contributed by atoms with Crippen molar-refractivity contribution in [3.05, 3.63) is 0 Å². The summed E-state index contributed by atoms with van der Waals surface area (Å²) in [7, 11) is 0. The summed E-state index contributed by atoms with van der Waals surface area (Å²) in [5.74, 6) is -0.610. The Morgan fingerprint density at radius 2 is 1.81 bits per heavy atom. The molecular formula is C27H43N5O5. The maximum absolute atomic E-state index is 14.0. The van der Waals surface area contributed by atoms with Crippen molar-refractivity contribution in [1.82, 2.24) is 20.9 Å². The maximum Gasteiger partial charge on any atom is 0.408 e. The van der Waals surface area contributed by atoms with Crippen molar-refractivity contribution in [3.63, 3.8) is 0 Å². The Kier molecular flexibility index (Phi) is 7.88. The molecule has 3 aliphatic rings. The van der Waals surface area contributed by atoms with Gasteiger partial charge in [0.05, 0.1) is 6.07 Å². The van der Waals surface area contributed by atoms with Gasteiger partial charge in [0.15, 0.2) is 0 Å². The summed E-state index contributed by atoms with van der Waals surface area (Å²) in [6.07, 6.45) is 0.656. The van der Waals surface area contributed by atoms with E-state index in [4.69, 9.17) is 4.74 Å². The molecule has 10 heteroatoms. The highest BCUT2D eigenvalue weighted by Gasteiger charge is 2.63. The molecular weight excluding hydrogens is 474 g/mol. The monoisotopic (exact) mass is 517 g/mol. The summed E-state index contributed by atoms with van der Waals surface area (Å²) in [5.41, 5.74) is -1.37. The second-order valence-corrected chi connectivity index (χ2v) is 13.4. The van der Waals surface area contributed by atoms with Crippen LogP contribution in [0.1, 0.15) is 74.7 Å². The molecule has 0 aromatic carbocycles. The highest BCUT2D eigenvalue weighted by molar-refractivity contribution is 5.92. The molecule has 2 heterocycles. The Bertz CT molecular complexity index is 973. The lowest BCUT2D eigenvalue weighted by atomic mass is 9.85. The number of fused-ring (bicyclic) bond motifs is 1. The SMILES string of the molecule is CC(C)(C)OC(=O)N[C@H](C(=O)N1C[C@H]2[C@H](C[C@H]1C(=O)N[C@H](C#N)C[C@@H]1CCNC1=O)C2(C)C)C(C)(C)C. The fraction of sp³-hybridized carbons (Fsp3) is 0.815. The standard InChI is InChI=1S/C27H43N5O5/c1-25(2,3)20(31-24(36)37-26(4,5)6)23(35)32-14-18-17(27(18,7)8)12-19(32)22(34)30-16(13-28)11-15-9-10-29-21(15)33/h15-20H,9-12,14H2,1-8H3,(H,29,33)(H,30,34)(H,31,36)/t15-,16-,17-,18-,19-,20+/m0/s1. The van der Waals surface area contributed by atoms with Gasteiger partial charge in [-0.1, -0.05) is 34.6 Å². The number of hydrogen-bond acceptors (Lipinski definition) is 6. The van der Waals surface area contributed by atoms with Crippen LogP contribution in [-0.4, -0.2) is 65.5 Å². The van der Waals surface area contributed by atoms with E-state index in [-0.39, 0.29) is 35.5 Å². The number of amides is 4. The zero-order valence-electron chi connectivity index (χ0n) is 23.4. The molecule has 0 unspecified atom stereocenters. The van der Waals surface area contributed by atoms with Gasteiger partial charge in [-0.2, -0.15) is 5.26 Å². The summed E-state index contributed by atoms with van der Waals surface area (Å²) in [6, 6.07) is -0.406. The number of nitrogens with one attached hydrogen (secondary N) is 3. The van der Waals surface area contributed by atoms with Crippen LogP contribution in [0.25, 0.3) is 0 Å². The average Bonchev–Trinajstić information content (AvgIpc) is 3.06. The predicted molar refractivity (Wildman–Crippen MR) is 137 cm³/mol. The van der Waals surface area contributed by atoms with Crippen LogP contribution in [0.15, 0.2) is 0 Å². The van der Waals surface area contributed by atoms with E-state index in [2.05, 4.69) is 35.9 Å². The fourth-order valence-electron chi connectivity index (χ4n) is 5.69. The normalized spacial score (nSPS) is 28.2. The first kappa shape index (κ1) is 28.7. The summed E-state index contributed by atoms with van der Waals surface area (Å²) >= 11 is 0. The van der Waals surface area contributed by atoms with Crippen molar-refractivity contribution in [2.75, 3.05) is 13.1 Å². The van der Waals surface area contributed by atoms with Gasteiger partial charge in [0.25, 0.3) is 0 Å². The molecule has 3 rings (SSSR count). The molecule has 0 radical (unpaired) electrons. The third-order valence-corrected chi connectivity index (χ3v) is 8.05. The summed E-state index contributed by atoms with van der Waals surface area (Å²) in [5, 5.41) is 18.0. The van der Waals surface area contributed by atoms with Gasteiger partial charge in [-0.3, -0.25) is 14.4 Å². The minimum absolute atomic E-state index is 0.0000507. The van der Waals surface area contributed by atoms with Crippen LogP contribution in [0.5, 0.6) is 0 Å². The maximum atomic E-state index is 14.0. The third-order valence-electron chi connectivity index (χ3n) is 8.05. The molecule has 4 amide bonds. The largest absolute Gasteiger partial charge is 0.444 e. The van der Waals surface area contributed by atoms with Crippen molar-refractivity contribution >= 4 is 23.8 Å². The van der Waals surface area contributed by atoms with Gasteiger partial charge in [-0.25, -0.2) is 4.79 Å². The first-order valence-electron chi connectivity index (χ1n) is 13.2. The van der Waals surface area contributed by atoms with Crippen molar-refractivity contribution < 1.29 is 23.9 Å². The Labute approximate surface area is 220 Å². The van der Waals surface area contributed by atoms with Gasteiger partial charge in [0.2, 0.25) is 17.7 Å². The van der Waals surface area contributed by atoms with Gasteiger partial charge >= 0.3 is 6.09 Å². The summed E-state index contributed by atoms with van der Waals surface area (Å²) < 4.78 is 5.41. The number of alkyl carbamates (subject to hydrolysis) is 1. The lowest BCUT2D eigenvalue weighted by Crippen LogP contribution is -2.61. The van der Waals surface area contributed by atoms with Crippen molar-refractivity contribution in [3.8, 4) is 6.07 Å². The Balaban J connectivity index is 1.80. The number of rotatable bonds is 6. The predicted octanol–water partition coefficient (Wildman–Crippen LogP) is 2.33. The zero-order valence-corrected chi connectivity index (χ0v) is 23.4. The molecule has 6 atom stereocenters. The molecule has 0 bridgehead atoms. The van der Waals surface area contributed by atoms with E-state index in [0.29, 0.717) is 31.8 Å². The number of nitriles is 1. The molecule has 1 aliphatic carbocycles. The first-order chi connectivity index (χ1) is 17.0. The van der Waals surface area contributed by atoms with E-state index in [9.17, 15) is 24.4 Å². The zero-order chi connectivity index (χ0) is 27.9. The highest BCUT2D eigenvalue weighted by atomic mass is 16.6. The lowest BCUT2D eigenvalue weighted by Gasteiger charge is -2.40. The van der Waals surface area contributed by atoms with E-state index in [1.807, 2.05) is 20.8 Å². The summed E-state index contributed by atoms with van der Waals surface area (Å²) in [4.78, 5) is 53.7. The number of carbonyl (C=O) groups is 4. The lowest BCUT2D eigenvalue weighted by molar-refractivity contribution is -0.146. The molecule has 1 saturated carbocycles. The van der Waals surface area contributed by atoms with Crippen LogP contribution in [0.3, 0.4) is 0 Å². The molecule has 2 aliphatic heterocycles. The molecule has 3 fully saturated rings. The second kappa shape index (κ2) is 10.1. The number of carbonyl (C=O) groups excluding carboxylic acids is 4. The first-order valence-corrected chi connectivity index (χ1v) is 13.2. The number of piperidine rings is 1. The van der Waals surface area contributed by atoms with Gasteiger partial charge in [-0.15, -0.1) is 0 Å². The van der Waals surface area contributed by atoms with E-state index < -0.39 is 41.1 Å². The minimum atomic E-state index is -0.912. The molecule has 2 saturated heterocycles. The number of likely N-dealkylation sites (tertiary alicyclic amines) is 1. The van der Waals surface area contributed by atoms with E-state index in [0.717, 1.165) is 0 Å². The Hall–Kier alpha value is -2.83. The van der Waals surface area contributed by atoms with Crippen LogP contribution in [0.4, 0.5) is 4.79 Å². The van der Waals surface area contributed by atoms with Crippen LogP contribution < -0.4 is 16.0 Å². The Morgan fingerprint density at radius 3 is 2.32 bits per heavy atom. The summed E-state index contributed by atoms with van der Waals surface area (Å²) in [6.45, 7) is 16.1. The van der Waals surface area contributed by atoms with Crippen LogP contribution in [0.2, 0.25) is 0 Å². The van der Waals surface area contributed by atoms with E-state index >= 15 is 0 Å². The van der Waals surface area contributed by atoms with Crippen LogP contribution in [-0.2, 0) is 19.1 Å². The molecule has 206 valence electrons. The molecule has 3 N–H and O–H groups in total. The van der Waals surface area contributed by atoms with Gasteiger partial charge in [-0.05, 0) is 62.7 Å². The van der Waals surface area contributed by atoms with E-state index in [1.54, 1.807) is 25.7 Å². The molecule has 10 nitrogen and oxygen atoms in total. The quantitative estimate of drug-likeness (QED) is 0.494. The topological polar surface area (TPSA) is 141 Å². The van der Waals surface area contributed by atoms with Gasteiger partial charge < -0.3 is 25.6 Å². The number of ether oxygens (including phenoxy) is 1. The molecule has 0 spiro atoms. The molecule has 0 aromatic rings. The van der Waals surface area contributed by atoms with Gasteiger partial charge in [0, 0.05) is 19.0 Å². The smallest absolute Gasteiger partial charge is 0.408 e. The van der Waals surface area contributed by atoms with Crippen LogP contribution >= 0.6 is 0 Å². The molecule has 37 heavy (non-hydrogen) atoms. The van der Waals surface area contributed by atoms with Crippen LogP contribution in [0, 0.1) is 39.9 Å². The second-order valence-electron chi connectivity index (χ2n) is 13.4. The molecule has 0 aromatic heterocycles. The number of nitrogens with zero attached hydrogens (tertiary/aromatic N) is 2. The average molecular weight is 518 g/mol. The van der Waals surface area contributed by atoms with E-state index in [1.165, 1.54) is 0 Å². The Morgan fingerprint density at radius 1 is 1.16 bits per heavy atom. The van der Waals surface area contributed by atoms with Crippen molar-refractivity contribution in [2.24, 2.45) is 28.6 Å². The third kappa shape index (κ3) is 6.55. The van der Waals surface area contributed by atoms with Crippen molar-refractivity contribution in [1.29, 1.82) is 5.26 Å². The fourth-order valence-corrected chi connectivity index (χ4v) is 5.69. The minimum Gasteiger partial charge on any atom is -0.444 e. The number of hydrogen-bond donors (Lipinski definition) is 3.